The standard InChI is InChI=1S/C15H13N3O3/c19-15(20)10-3-4-13-12(7-10)16-14(9-1-2-9)18(13)8-11-5-6-21-17-11/h3-7,9H,1-2,8H2,(H,19,20). The van der Waals surface area contributed by atoms with Crippen LogP contribution in [0.5, 0.6) is 0 Å². The third kappa shape index (κ3) is 2.08. The highest BCUT2D eigenvalue weighted by Crippen LogP contribution is 2.41. The Hall–Kier alpha value is -2.63. The van der Waals surface area contributed by atoms with Crippen molar-refractivity contribution < 1.29 is 14.4 Å². The number of imidazole rings is 1. The van der Waals surface area contributed by atoms with E-state index in [9.17, 15) is 4.79 Å². The molecule has 0 unspecified atom stereocenters. The highest BCUT2D eigenvalue weighted by molar-refractivity contribution is 5.92. The van der Waals surface area contributed by atoms with Crippen molar-refractivity contribution in [3.63, 3.8) is 0 Å². The maximum Gasteiger partial charge on any atom is 0.335 e. The lowest BCUT2D eigenvalue weighted by molar-refractivity contribution is 0.0697. The summed E-state index contributed by atoms with van der Waals surface area (Å²) < 4.78 is 6.99. The Morgan fingerprint density at radius 2 is 2.24 bits per heavy atom. The van der Waals surface area contributed by atoms with E-state index in [1.807, 2.05) is 12.1 Å². The van der Waals surface area contributed by atoms with E-state index in [1.165, 1.54) is 0 Å². The van der Waals surface area contributed by atoms with Crippen LogP contribution < -0.4 is 0 Å². The number of aromatic carboxylic acids is 1. The summed E-state index contributed by atoms with van der Waals surface area (Å²) in [6, 6.07) is 6.89. The molecular formula is C15H13N3O3. The molecule has 1 aromatic carbocycles. The lowest BCUT2D eigenvalue weighted by atomic mass is 10.2. The van der Waals surface area contributed by atoms with E-state index < -0.39 is 5.97 Å². The molecule has 0 aliphatic heterocycles. The van der Waals surface area contributed by atoms with E-state index in [1.54, 1.807) is 18.4 Å². The van der Waals surface area contributed by atoms with Crippen LogP contribution in [0, 0.1) is 0 Å². The molecule has 2 aromatic heterocycles. The van der Waals surface area contributed by atoms with Crippen molar-refractivity contribution >= 4 is 17.0 Å². The maximum absolute atomic E-state index is 11.1. The molecule has 6 nitrogen and oxygen atoms in total. The number of benzene rings is 1. The third-order valence-electron chi connectivity index (χ3n) is 3.78. The van der Waals surface area contributed by atoms with Crippen molar-refractivity contribution in [3.8, 4) is 0 Å². The van der Waals surface area contributed by atoms with Gasteiger partial charge < -0.3 is 14.2 Å². The second-order valence-electron chi connectivity index (χ2n) is 5.33. The third-order valence-corrected chi connectivity index (χ3v) is 3.78. The van der Waals surface area contributed by atoms with Crippen LogP contribution in [-0.2, 0) is 6.54 Å². The molecule has 0 amide bonds. The summed E-state index contributed by atoms with van der Waals surface area (Å²) in [5, 5.41) is 13.0. The van der Waals surface area contributed by atoms with Crippen molar-refractivity contribution in [1.82, 2.24) is 14.7 Å². The molecule has 21 heavy (non-hydrogen) atoms. The zero-order chi connectivity index (χ0) is 14.4. The van der Waals surface area contributed by atoms with Crippen molar-refractivity contribution in [2.24, 2.45) is 0 Å². The van der Waals surface area contributed by atoms with E-state index in [4.69, 9.17) is 9.63 Å². The number of carboxylic acids is 1. The molecular weight excluding hydrogens is 270 g/mol. The fourth-order valence-corrected chi connectivity index (χ4v) is 2.58. The lowest BCUT2D eigenvalue weighted by Crippen LogP contribution is -2.04. The van der Waals surface area contributed by atoms with E-state index in [-0.39, 0.29) is 5.56 Å². The fourth-order valence-electron chi connectivity index (χ4n) is 2.58. The van der Waals surface area contributed by atoms with Crippen molar-refractivity contribution in [1.29, 1.82) is 0 Å². The van der Waals surface area contributed by atoms with Crippen LogP contribution in [0.25, 0.3) is 11.0 Å². The van der Waals surface area contributed by atoms with E-state index >= 15 is 0 Å². The number of nitrogens with zero attached hydrogens (tertiary/aromatic N) is 3. The highest BCUT2D eigenvalue weighted by atomic mass is 16.5. The molecule has 6 heteroatoms. The zero-order valence-corrected chi connectivity index (χ0v) is 11.2. The van der Waals surface area contributed by atoms with Gasteiger partial charge in [-0.3, -0.25) is 0 Å². The average Bonchev–Trinajstić information content (AvgIpc) is 3.07. The Labute approximate surface area is 120 Å². The van der Waals surface area contributed by atoms with Crippen LogP contribution in [0.1, 0.15) is 40.6 Å². The average molecular weight is 283 g/mol. The van der Waals surface area contributed by atoms with Crippen molar-refractivity contribution in [3.05, 3.63) is 47.6 Å². The Balaban J connectivity index is 1.85. The summed E-state index contributed by atoms with van der Waals surface area (Å²) in [7, 11) is 0. The molecule has 3 aromatic rings. The number of aromatic nitrogens is 3. The first-order valence-corrected chi connectivity index (χ1v) is 6.85. The molecule has 0 radical (unpaired) electrons. The van der Waals surface area contributed by atoms with Crippen LogP contribution in [0.4, 0.5) is 0 Å². The molecule has 0 spiro atoms. The normalized spacial score (nSPS) is 14.7. The molecule has 1 saturated carbocycles. The lowest BCUT2D eigenvalue weighted by Gasteiger charge is -2.06. The first kappa shape index (κ1) is 12.1. The van der Waals surface area contributed by atoms with Gasteiger partial charge in [0, 0.05) is 12.0 Å². The summed E-state index contributed by atoms with van der Waals surface area (Å²) in [6.45, 7) is 0.589. The van der Waals surface area contributed by atoms with Crippen molar-refractivity contribution in [2.75, 3.05) is 0 Å². The number of hydrogen-bond acceptors (Lipinski definition) is 4. The number of fused-ring (bicyclic) bond motifs is 1. The number of rotatable bonds is 4. The Kier molecular flexibility index (Phi) is 2.57. The summed E-state index contributed by atoms with van der Waals surface area (Å²) >= 11 is 0. The molecule has 0 atom stereocenters. The van der Waals surface area contributed by atoms with Gasteiger partial charge in [0.15, 0.2) is 0 Å². The molecule has 0 saturated heterocycles. The van der Waals surface area contributed by atoms with Gasteiger partial charge in [-0.25, -0.2) is 9.78 Å². The van der Waals surface area contributed by atoms with Crippen LogP contribution >= 0.6 is 0 Å². The molecule has 1 N–H and O–H groups in total. The smallest absolute Gasteiger partial charge is 0.335 e. The van der Waals surface area contributed by atoms with Gasteiger partial charge in [0.1, 0.15) is 17.8 Å². The number of carbonyl (C=O) groups is 1. The molecule has 106 valence electrons. The van der Waals surface area contributed by atoms with Gasteiger partial charge in [-0.1, -0.05) is 5.16 Å². The number of carboxylic acid groups (broad SMARTS) is 1. The van der Waals surface area contributed by atoms with Crippen LogP contribution in [0.3, 0.4) is 0 Å². The minimum absolute atomic E-state index is 0.260. The minimum Gasteiger partial charge on any atom is -0.478 e. The first-order valence-electron chi connectivity index (χ1n) is 6.85. The van der Waals surface area contributed by atoms with Gasteiger partial charge in [0.2, 0.25) is 0 Å². The van der Waals surface area contributed by atoms with Crippen LogP contribution in [0.15, 0.2) is 35.1 Å². The predicted molar refractivity (Wildman–Crippen MR) is 74.3 cm³/mol. The number of hydrogen-bond donors (Lipinski definition) is 1. The SMILES string of the molecule is O=C(O)c1ccc2c(c1)nc(C1CC1)n2Cc1ccon1. The van der Waals surface area contributed by atoms with Crippen LogP contribution in [0.2, 0.25) is 0 Å². The summed E-state index contributed by atoms with van der Waals surface area (Å²) in [5.41, 5.74) is 2.75. The molecule has 2 heterocycles. The molecule has 1 fully saturated rings. The largest absolute Gasteiger partial charge is 0.478 e. The topological polar surface area (TPSA) is 81.1 Å². The van der Waals surface area contributed by atoms with Crippen LogP contribution in [-0.4, -0.2) is 25.8 Å². The van der Waals surface area contributed by atoms with Gasteiger partial charge in [0.25, 0.3) is 0 Å². The van der Waals surface area contributed by atoms with Gasteiger partial charge in [0.05, 0.1) is 23.1 Å². The quantitative estimate of drug-likeness (QED) is 0.796. The molecule has 1 aliphatic rings. The second-order valence-corrected chi connectivity index (χ2v) is 5.33. The van der Waals surface area contributed by atoms with E-state index in [2.05, 4.69) is 14.7 Å². The van der Waals surface area contributed by atoms with Gasteiger partial charge >= 0.3 is 5.97 Å². The zero-order valence-electron chi connectivity index (χ0n) is 11.2. The summed E-state index contributed by atoms with van der Waals surface area (Å²) in [5.74, 6) is 0.545. The van der Waals surface area contributed by atoms with E-state index in [0.717, 1.165) is 35.4 Å². The van der Waals surface area contributed by atoms with Gasteiger partial charge in [-0.2, -0.15) is 0 Å². The Bertz CT molecular complexity index is 816. The fraction of sp³-hybridized carbons (Fsp3) is 0.267. The van der Waals surface area contributed by atoms with E-state index in [0.29, 0.717) is 12.5 Å². The van der Waals surface area contributed by atoms with Gasteiger partial charge in [-0.05, 0) is 31.0 Å². The van der Waals surface area contributed by atoms with Gasteiger partial charge in [-0.15, -0.1) is 0 Å². The van der Waals surface area contributed by atoms with Crippen molar-refractivity contribution in [2.45, 2.75) is 25.3 Å². The molecule has 0 bridgehead atoms. The predicted octanol–water partition coefficient (Wildman–Crippen LogP) is 2.65. The Morgan fingerprint density at radius 3 is 2.90 bits per heavy atom. The Morgan fingerprint density at radius 1 is 1.38 bits per heavy atom. The minimum atomic E-state index is -0.934. The summed E-state index contributed by atoms with van der Waals surface area (Å²) in [6.07, 6.45) is 3.82. The molecule has 4 rings (SSSR count). The summed E-state index contributed by atoms with van der Waals surface area (Å²) in [4.78, 5) is 15.7. The maximum atomic E-state index is 11.1. The first-order chi connectivity index (χ1) is 10.2. The second kappa shape index (κ2) is 4.44. The monoisotopic (exact) mass is 283 g/mol. The molecule has 1 aliphatic carbocycles. The highest BCUT2D eigenvalue weighted by Gasteiger charge is 2.30.